The lowest BCUT2D eigenvalue weighted by atomic mass is 9.94. The normalized spacial score (nSPS) is 14.3. The first-order valence-corrected chi connectivity index (χ1v) is 4.04. The van der Waals surface area contributed by atoms with E-state index in [1.165, 1.54) is 6.92 Å². The van der Waals surface area contributed by atoms with Gasteiger partial charge < -0.3 is 10.2 Å². The summed E-state index contributed by atoms with van der Waals surface area (Å²) in [5.41, 5.74) is -0.306. The molecule has 0 heterocycles. The molecule has 0 rings (SSSR count). The van der Waals surface area contributed by atoms with Crippen molar-refractivity contribution >= 4 is 27.9 Å². The molecule has 5 heteroatoms. The maximum atomic E-state index is 10.8. The maximum Gasteiger partial charge on any atom is 0.333 e. The van der Waals surface area contributed by atoms with Crippen molar-refractivity contribution in [2.75, 3.05) is 0 Å². The van der Waals surface area contributed by atoms with Gasteiger partial charge in [0, 0.05) is 0 Å². The number of carboxylic acid groups (broad SMARTS) is 2. The Kier molecular flexibility index (Phi) is 3.42. The fourth-order valence-corrected chi connectivity index (χ4v) is 0.886. The van der Waals surface area contributed by atoms with Gasteiger partial charge in [0.05, 0.1) is 5.57 Å². The number of hydrogen-bond donors (Lipinski definition) is 2. The molecule has 0 aromatic carbocycles. The molecule has 0 aliphatic rings. The van der Waals surface area contributed by atoms with Crippen LogP contribution in [0.4, 0.5) is 0 Å². The average molecular weight is 249 g/mol. The molecule has 1 unspecified atom stereocenters. The molecule has 72 valence electrons. The highest BCUT2D eigenvalue weighted by Crippen LogP contribution is 2.33. The van der Waals surface area contributed by atoms with Crippen molar-refractivity contribution in [1.29, 1.82) is 0 Å². The van der Waals surface area contributed by atoms with Crippen LogP contribution < -0.4 is 0 Å². The molecule has 0 aliphatic heterocycles. The first-order chi connectivity index (χ1) is 5.74. The molecule has 4 nitrogen and oxygen atoms in total. The summed E-state index contributed by atoms with van der Waals surface area (Å²) in [7, 11) is 0. The third-order valence-electron chi connectivity index (χ3n) is 1.56. The van der Waals surface area contributed by atoms with E-state index in [1.54, 1.807) is 0 Å². The second-order valence-corrected chi connectivity index (χ2v) is 3.72. The number of hydrogen-bond acceptors (Lipinski definition) is 2. The number of alkyl halides is 1. The van der Waals surface area contributed by atoms with E-state index in [0.717, 1.165) is 0 Å². The lowest BCUT2D eigenvalue weighted by molar-refractivity contribution is -0.141. The Morgan fingerprint density at radius 1 is 1.31 bits per heavy atom. The summed E-state index contributed by atoms with van der Waals surface area (Å²) in [5, 5.41) is 17.4. The van der Waals surface area contributed by atoms with Crippen molar-refractivity contribution in [3.8, 4) is 0 Å². The Labute approximate surface area is 83.7 Å². The number of aliphatic carboxylic acids is 2. The molecule has 0 saturated heterocycles. The van der Waals surface area contributed by atoms with Gasteiger partial charge in [-0.3, -0.25) is 0 Å². The zero-order valence-electron chi connectivity index (χ0n) is 7.00. The maximum absolute atomic E-state index is 10.8. The van der Waals surface area contributed by atoms with Gasteiger partial charge in [0.1, 0.15) is 0 Å². The Bertz CT molecular complexity index is 279. The minimum absolute atomic E-state index is 0.160. The van der Waals surface area contributed by atoms with E-state index in [1.807, 2.05) is 0 Å². The lowest BCUT2D eigenvalue weighted by Gasteiger charge is -2.22. The smallest absolute Gasteiger partial charge is 0.333 e. The number of carbonyl (C=O) groups is 2. The average Bonchev–Trinajstić information content (AvgIpc) is 2.00. The molecule has 0 saturated carbocycles. The molecule has 1 atom stereocenters. The van der Waals surface area contributed by atoms with Crippen LogP contribution in [-0.4, -0.2) is 26.5 Å². The Balaban J connectivity index is 5.27. The van der Waals surface area contributed by atoms with Crippen LogP contribution in [0.5, 0.6) is 0 Å². The number of rotatable bonds is 4. The highest BCUT2D eigenvalue weighted by Gasteiger charge is 2.42. The molecule has 0 aromatic heterocycles. The largest absolute Gasteiger partial charge is 0.480 e. The van der Waals surface area contributed by atoms with Crippen LogP contribution in [0.3, 0.4) is 0 Å². The Morgan fingerprint density at radius 3 is 1.77 bits per heavy atom. The molecule has 2 N–H and O–H groups in total. The van der Waals surface area contributed by atoms with Gasteiger partial charge in [-0.1, -0.05) is 29.1 Å². The summed E-state index contributed by atoms with van der Waals surface area (Å²) in [6.07, 6.45) is 0. The predicted molar refractivity (Wildman–Crippen MR) is 50.9 cm³/mol. The van der Waals surface area contributed by atoms with Gasteiger partial charge >= 0.3 is 11.9 Å². The van der Waals surface area contributed by atoms with Crippen molar-refractivity contribution < 1.29 is 19.8 Å². The van der Waals surface area contributed by atoms with Gasteiger partial charge in [0.15, 0.2) is 4.32 Å². The van der Waals surface area contributed by atoms with Gasteiger partial charge in [-0.2, -0.15) is 0 Å². The second-order valence-electron chi connectivity index (χ2n) is 2.53. The summed E-state index contributed by atoms with van der Waals surface area (Å²) < 4.78 is -1.78. The van der Waals surface area contributed by atoms with Crippen LogP contribution in [0.2, 0.25) is 0 Å². The molecule has 0 aliphatic carbocycles. The molecule has 0 fully saturated rings. The molecule has 0 aromatic rings. The zero-order valence-corrected chi connectivity index (χ0v) is 8.59. The van der Waals surface area contributed by atoms with E-state index >= 15 is 0 Å². The van der Waals surface area contributed by atoms with E-state index in [-0.39, 0.29) is 5.57 Å². The van der Waals surface area contributed by atoms with Crippen LogP contribution in [0.1, 0.15) is 6.92 Å². The van der Waals surface area contributed by atoms with Crippen molar-refractivity contribution in [2.24, 2.45) is 0 Å². The van der Waals surface area contributed by atoms with E-state index in [4.69, 9.17) is 10.2 Å². The molecular formula is C8H9BrO4. The van der Waals surface area contributed by atoms with Crippen LogP contribution in [0, 0.1) is 0 Å². The monoisotopic (exact) mass is 248 g/mol. The standard InChI is InChI=1S/C8H9BrO4/c1-4(2)8(9,7(12)13)5(3)6(10)11/h1,3H2,2H3,(H,10,11)(H,12,13). The van der Waals surface area contributed by atoms with Gasteiger partial charge in [-0.25, -0.2) is 9.59 Å². The fraction of sp³-hybridized carbons (Fsp3) is 0.250. The van der Waals surface area contributed by atoms with E-state index < -0.39 is 21.8 Å². The van der Waals surface area contributed by atoms with Crippen LogP contribution >= 0.6 is 15.9 Å². The fourth-order valence-electron chi connectivity index (χ4n) is 0.717. The number of carboxylic acids is 2. The Hall–Kier alpha value is -1.10. The van der Waals surface area contributed by atoms with Gasteiger partial charge in [-0.05, 0) is 12.5 Å². The van der Waals surface area contributed by atoms with Crippen molar-refractivity contribution in [1.82, 2.24) is 0 Å². The van der Waals surface area contributed by atoms with Crippen LogP contribution in [-0.2, 0) is 9.59 Å². The molecule has 0 radical (unpaired) electrons. The zero-order chi connectivity index (χ0) is 10.8. The van der Waals surface area contributed by atoms with Crippen molar-refractivity contribution in [3.63, 3.8) is 0 Å². The van der Waals surface area contributed by atoms with Crippen LogP contribution in [0.15, 0.2) is 24.3 Å². The minimum Gasteiger partial charge on any atom is -0.480 e. The topological polar surface area (TPSA) is 74.6 Å². The molecular weight excluding hydrogens is 240 g/mol. The summed E-state index contributed by atoms with van der Waals surface area (Å²) in [6.45, 7) is 7.99. The highest BCUT2D eigenvalue weighted by atomic mass is 79.9. The first-order valence-electron chi connectivity index (χ1n) is 3.25. The van der Waals surface area contributed by atoms with Gasteiger partial charge in [-0.15, -0.1) is 0 Å². The van der Waals surface area contributed by atoms with Crippen LogP contribution in [0.25, 0.3) is 0 Å². The molecule has 0 amide bonds. The SMILES string of the molecule is C=C(C)C(Br)(C(=C)C(=O)O)C(=O)O. The van der Waals surface area contributed by atoms with Gasteiger partial charge in [0.2, 0.25) is 0 Å². The highest BCUT2D eigenvalue weighted by molar-refractivity contribution is 9.10. The van der Waals surface area contributed by atoms with E-state index in [9.17, 15) is 9.59 Å². The Morgan fingerprint density at radius 2 is 1.69 bits per heavy atom. The van der Waals surface area contributed by atoms with Crippen molar-refractivity contribution in [3.05, 3.63) is 24.3 Å². The summed E-state index contributed by atoms with van der Waals surface area (Å²) >= 11 is 2.80. The van der Waals surface area contributed by atoms with Crippen molar-refractivity contribution in [2.45, 2.75) is 11.2 Å². The minimum atomic E-state index is -1.78. The number of halogens is 1. The first kappa shape index (κ1) is 11.9. The van der Waals surface area contributed by atoms with Gasteiger partial charge in [0.25, 0.3) is 0 Å². The van der Waals surface area contributed by atoms with E-state index in [0.29, 0.717) is 0 Å². The lowest BCUT2D eigenvalue weighted by Crippen LogP contribution is -2.37. The second kappa shape index (κ2) is 3.74. The predicted octanol–water partition coefficient (Wildman–Crippen LogP) is 1.42. The third kappa shape index (κ3) is 1.98. The third-order valence-corrected chi connectivity index (χ3v) is 3.05. The quantitative estimate of drug-likeness (QED) is 0.449. The van der Waals surface area contributed by atoms with E-state index in [2.05, 4.69) is 29.1 Å². The molecule has 0 bridgehead atoms. The summed E-state index contributed by atoms with van der Waals surface area (Å²) in [5.74, 6) is -2.71. The molecule has 13 heavy (non-hydrogen) atoms. The molecule has 0 spiro atoms. The summed E-state index contributed by atoms with van der Waals surface area (Å²) in [6, 6.07) is 0. The summed E-state index contributed by atoms with van der Waals surface area (Å²) in [4.78, 5) is 21.3.